The van der Waals surface area contributed by atoms with Crippen molar-refractivity contribution < 1.29 is 38.7 Å². The minimum atomic E-state index is -1.05. The average Bonchev–Trinajstić information content (AvgIpc) is 3.69. The van der Waals surface area contributed by atoms with Crippen molar-refractivity contribution >= 4 is 41.2 Å². The number of fused-ring (bicyclic) bond motifs is 1. The van der Waals surface area contributed by atoms with Crippen LogP contribution in [0.1, 0.15) is 117 Å². The van der Waals surface area contributed by atoms with Crippen molar-refractivity contribution in [1.29, 1.82) is 0 Å². The molecule has 0 radical (unpaired) electrons. The summed E-state index contributed by atoms with van der Waals surface area (Å²) in [4.78, 5) is 93.7. The number of benzene rings is 1. The molecule has 7 atom stereocenters. The van der Waals surface area contributed by atoms with Gasteiger partial charge in [-0.25, -0.2) is 0 Å². The van der Waals surface area contributed by atoms with Crippen molar-refractivity contribution in [1.82, 2.24) is 20.9 Å². The Hall–Kier alpha value is -4.09. The molecule has 2 unspecified atom stereocenters. The Labute approximate surface area is 302 Å². The van der Waals surface area contributed by atoms with Crippen molar-refractivity contribution in [2.45, 2.75) is 130 Å². The number of ketones is 2. The summed E-state index contributed by atoms with van der Waals surface area (Å²) in [6.07, 6.45) is 4.05. The second-order valence-corrected chi connectivity index (χ2v) is 15.0. The maximum atomic E-state index is 14.3. The fraction of sp³-hybridized carbons (Fsp3) is 0.667. The van der Waals surface area contributed by atoms with Gasteiger partial charge in [-0.05, 0) is 68.3 Å². The van der Waals surface area contributed by atoms with Gasteiger partial charge in [-0.15, -0.1) is 0 Å². The van der Waals surface area contributed by atoms with E-state index in [1.807, 2.05) is 65.0 Å². The van der Waals surface area contributed by atoms with Gasteiger partial charge in [-0.1, -0.05) is 77.8 Å². The lowest BCUT2D eigenvalue weighted by Gasteiger charge is -2.33. The van der Waals surface area contributed by atoms with Gasteiger partial charge in [0.2, 0.25) is 23.5 Å². The second kappa shape index (κ2) is 19.5. The number of carbonyl (C=O) groups excluding carboxylic acids is 6. The summed E-state index contributed by atoms with van der Waals surface area (Å²) in [7, 11) is 0. The molecule has 12 nitrogen and oxygen atoms in total. The molecular formula is C39H58N4O8. The minimum Gasteiger partial charge on any atom is -0.481 e. The summed E-state index contributed by atoms with van der Waals surface area (Å²) in [6.45, 7) is 11.4. The first kappa shape index (κ1) is 41.3. The highest BCUT2D eigenvalue weighted by molar-refractivity contribution is 6.38. The van der Waals surface area contributed by atoms with Gasteiger partial charge in [-0.3, -0.25) is 33.6 Å². The van der Waals surface area contributed by atoms with Crippen LogP contribution in [0.15, 0.2) is 30.3 Å². The van der Waals surface area contributed by atoms with Crippen molar-refractivity contribution in [3.63, 3.8) is 0 Å². The SMILES string of the molecule is CCCC(NC(=O)C1[C@H]2CCC[C@H]2CN1C(=O)[C@@H](CC(=O)[C@@H](NC(=O)CCCCC(=O)O)C(C)C)C(C)C)C(=O)C(=O)N[C@@H](C)c1ccccc1. The molecule has 3 rings (SSSR count). The lowest BCUT2D eigenvalue weighted by Crippen LogP contribution is -2.56. The molecule has 12 heteroatoms. The molecule has 1 saturated carbocycles. The van der Waals surface area contributed by atoms with E-state index in [2.05, 4.69) is 16.0 Å². The Bertz CT molecular complexity index is 1400. The molecule has 1 aromatic carbocycles. The lowest BCUT2D eigenvalue weighted by molar-refractivity contribution is -0.146. The number of carboxylic acid groups (broad SMARTS) is 1. The molecule has 4 amide bonds. The molecule has 282 valence electrons. The van der Waals surface area contributed by atoms with E-state index in [1.54, 1.807) is 11.8 Å². The molecule has 2 aliphatic rings. The highest BCUT2D eigenvalue weighted by Crippen LogP contribution is 2.43. The first-order valence-corrected chi connectivity index (χ1v) is 18.7. The van der Waals surface area contributed by atoms with E-state index in [0.29, 0.717) is 25.8 Å². The largest absolute Gasteiger partial charge is 0.481 e. The van der Waals surface area contributed by atoms with Crippen LogP contribution >= 0.6 is 0 Å². The number of rotatable bonds is 20. The summed E-state index contributed by atoms with van der Waals surface area (Å²) < 4.78 is 0. The fourth-order valence-corrected chi connectivity index (χ4v) is 7.53. The van der Waals surface area contributed by atoms with Crippen LogP contribution in [0.25, 0.3) is 0 Å². The van der Waals surface area contributed by atoms with Crippen LogP contribution in [0.5, 0.6) is 0 Å². The van der Waals surface area contributed by atoms with Crippen molar-refractivity contribution in [2.24, 2.45) is 29.6 Å². The number of nitrogens with one attached hydrogen (secondary N) is 3. The topological polar surface area (TPSA) is 179 Å². The third-order valence-electron chi connectivity index (χ3n) is 10.4. The Morgan fingerprint density at radius 1 is 0.863 bits per heavy atom. The summed E-state index contributed by atoms with van der Waals surface area (Å²) in [5.41, 5.74) is 0.843. The van der Waals surface area contributed by atoms with Gasteiger partial charge in [-0.2, -0.15) is 0 Å². The number of hydrogen-bond donors (Lipinski definition) is 4. The van der Waals surface area contributed by atoms with Crippen LogP contribution in [0, 0.1) is 29.6 Å². The molecule has 1 aliphatic carbocycles. The third-order valence-corrected chi connectivity index (χ3v) is 10.4. The summed E-state index contributed by atoms with van der Waals surface area (Å²) >= 11 is 0. The van der Waals surface area contributed by atoms with E-state index in [1.165, 1.54) is 0 Å². The summed E-state index contributed by atoms with van der Waals surface area (Å²) in [5.74, 6) is -5.03. The van der Waals surface area contributed by atoms with E-state index < -0.39 is 53.7 Å². The van der Waals surface area contributed by atoms with Crippen LogP contribution in [-0.2, 0) is 33.6 Å². The number of Topliss-reactive ketones (excluding diaryl/α,β-unsaturated/α-hetero) is 2. The number of nitrogens with zero attached hydrogens (tertiary/aromatic N) is 1. The Morgan fingerprint density at radius 2 is 1.53 bits per heavy atom. The Balaban J connectivity index is 1.74. The quantitative estimate of drug-likeness (QED) is 0.114. The van der Waals surface area contributed by atoms with Crippen LogP contribution in [0.3, 0.4) is 0 Å². The van der Waals surface area contributed by atoms with Gasteiger partial charge in [0.1, 0.15) is 6.04 Å². The van der Waals surface area contributed by atoms with Gasteiger partial charge >= 0.3 is 5.97 Å². The number of amides is 4. The monoisotopic (exact) mass is 710 g/mol. The van der Waals surface area contributed by atoms with E-state index in [4.69, 9.17) is 5.11 Å². The predicted molar refractivity (Wildman–Crippen MR) is 192 cm³/mol. The van der Waals surface area contributed by atoms with Gasteiger partial charge in [0.05, 0.1) is 18.1 Å². The summed E-state index contributed by atoms with van der Waals surface area (Å²) in [5, 5.41) is 17.3. The van der Waals surface area contributed by atoms with Crippen LogP contribution in [-0.4, -0.2) is 75.8 Å². The van der Waals surface area contributed by atoms with Gasteiger partial charge in [0.15, 0.2) is 5.78 Å². The van der Waals surface area contributed by atoms with Crippen LogP contribution in [0.4, 0.5) is 0 Å². The van der Waals surface area contributed by atoms with Gasteiger partial charge < -0.3 is 26.0 Å². The zero-order valence-electron chi connectivity index (χ0n) is 31.1. The smallest absolute Gasteiger partial charge is 0.303 e. The molecule has 1 saturated heterocycles. The number of carbonyl (C=O) groups is 7. The van der Waals surface area contributed by atoms with E-state index in [0.717, 1.165) is 24.8 Å². The maximum absolute atomic E-state index is 14.3. The number of likely N-dealkylation sites (tertiary alicyclic amines) is 1. The third kappa shape index (κ3) is 11.5. The van der Waals surface area contributed by atoms with Crippen molar-refractivity contribution in [2.75, 3.05) is 6.54 Å². The molecule has 0 spiro atoms. The molecule has 51 heavy (non-hydrogen) atoms. The van der Waals surface area contributed by atoms with Gasteiger partial charge in [0.25, 0.3) is 5.91 Å². The van der Waals surface area contributed by atoms with Crippen LogP contribution < -0.4 is 16.0 Å². The molecule has 0 bridgehead atoms. The molecule has 0 aromatic heterocycles. The number of unbranched alkanes of at least 4 members (excludes halogenated alkanes) is 1. The average molecular weight is 711 g/mol. The molecular weight excluding hydrogens is 652 g/mol. The highest BCUT2D eigenvalue weighted by Gasteiger charge is 2.51. The van der Waals surface area contributed by atoms with E-state index >= 15 is 0 Å². The minimum absolute atomic E-state index is 0.0336. The highest BCUT2D eigenvalue weighted by atomic mass is 16.4. The van der Waals surface area contributed by atoms with Crippen LogP contribution in [0.2, 0.25) is 0 Å². The summed E-state index contributed by atoms with van der Waals surface area (Å²) in [6, 6.07) is 6.16. The standard InChI is InChI=1S/C39H58N4O8/c1-7-14-30(36(48)38(50)40-25(6)26-15-9-8-10-16-26)41-37(49)35-28-18-13-17-27(28)22-43(35)39(51)29(23(2)3)21-31(44)34(24(4)5)42-32(45)19-11-12-20-33(46)47/h8-10,15-16,23-25,27-30,34-35H,7,11-14,17-22H2,1-6H3,(H,40,50)(H,41,49)(H,42,45)(H,46,47)/t25-,27-,28-,29-,30?,34-,35?/m0/s1. The molecule has 4 N–H and O–H groups in total. The molecule has 2 fully saturated rings. The Kier molecular flexibility index (Phi) is 15.8. The number of hydrogen-bond acceptors (Lipinski definition) is 7. The molecule has 1 aromatic rings. The van der Waals surface area contributed by atoms with Crippen molar-refractivity contribution in [3.05, 3.63) is 35.9 Å². The number of aliphatic carboxylic acids is 1. The zero-order chi connectivity index (χ0) is 37.8. The maximum Gasteiger partial charge on any atom is 0.303 e. The normalized spacial score (nSPS) is 20.6. The molecule has 1 aliphatic heterocycles. The first-order chi connectivity index (χ1) is 24.2. The van der Waals surface area contributed by atoms with E-state index in [9.17, 15) is 33.6 Å². The van der Waals surface area contributed by atoms with Crippen molar-refractivity contribution in [3.8, 4) is 0 Å². The molecule has 1 heterocycles. The fourth-order valence-electron chi connectivity index (χ4n) is 7.53. The van der Waals surface area contributed by atoms with Gasteiger partial charge in [0, 0.05) is 31.7 Å². The lowest BCUT2D eigenvalue weighted by atomic mass is 9.85. The zero-order valence-corrected chi connectivity index (χ0v) is 31.1. The van der Waals surface area contributed by atoms with E-state index in [-0.39, 0.29) is 67.0 Å². The second-order valence-electron chi connectivity index (χ2n) is 15.0. The number of carboxylic acids is 1. The first-order valence-electron chi connectivity index (χ1n) is 18.7. The predicted octanol–water partition coefficient (Wildman–Crippen LogP) is 4.36. The Morgan fingerprint density at radius 3 is 2.14 bits per heavy atom.